The van der Waals surface area contributed by atoms with Crippen molar-refractivity contribution in [2.24, 2.45) is 5.41 Å². The number of para-hydroxylation sites is 1. The van der Waals surface area contributed by atoms with Crippen molar-refractivity contribution in [3.8, 4) is 5.75 Å². The van der Waals surface area contributed by atoms with Gasteiger partial charge in [-0.25, -0.2) is 0 Å². The van der Waals surface area contributed by atoms with Gasteiger partial charge in [-0.1, -0.05) is 18.2 Å². The van der Waals surface area contributed by atoms with Crippen LogP contribution in [0.2, 0.25) is 0 Å². The minimum atomic E-state index is -0.841. The van der Waals surface area contributed by atoms with Gasteiger partial charge in [-0.15, -0.1) is 0 Å². The molecule has 0 saturated carbocycles. The summed E-state index contributed by atoms with van der Waals surface area (Å²) in [5, 5.41) is 9.25. The number of rotatable bonds is 5. The standard InChI is InChI=1S/C17H23NO4/c1-12(2)22-14-7-5-4-6-13(14)10-15(19)18-9-8-17(3,11-18)16(20)21/h4-7,12H,8-11H2,1-3H3,(H,20,21)/t17-/m1/s1. The molecule has 120 valence electrons. The molecule has 1 saturated heterocycles. The van der Waals surface area contributed by atoms with Gasteiger partial charge in [0.25, 0.3) is 0 Å². The van der Waals surface area contributed by atoms with Crippen LogP contribution >= 0.6 is 0 Å². The van der Waals surface area contributed by atoms with E-state index in [0.29, 0.717) is 18.7 Å². The van der Waals surface area contributed by atoms with Gasteiger partial charge in [-0.2, -0.15) is 0 Å². The molecule has 0 bridgehead atoms. The molecule has 1 heterocycles. The Kier molecular flexibility index (Phi) is 4.74. The van der Waals surface area contributed by atoms with Crippen LogP contribution in [-0.4, -0.2) is 41.1 Å². The Bertz CT molecular complexity index is 570. The van der Waals surface area contributed by atoms with Crippen LogP contribution in [-0.2, 0) is 16.0 Å². The van der Waals surface area contributed by atoms with Crippen molar-refractivity contribution in [3.05, 3.63) is 29.8 Å². The molecule has 0 aromatic heterocycles. The number of amides is 1. The van der Waals surface area contributed by atoms with Gasteiger partial charge in [0.2, 0.25) is 5.91 Å². The maximum Gasteiger partial charge on any atom is 0.311 e. The van der Waals surface area contributed by atoms with Gasteiger partial charge in [0.05, 0.1) is 17.9 Å². The van der Waals surface area contributed by atoms with Crippen molar-refractivity contribution < 1.29 is 19.4 Å². The van der Waals surface area contributed by atoms with Crippen LogP contribution in [0.5, 0.6) is 5.75 Å². The number of hydrogen-bond acceptors (Lipinski definition) is 3. The van der Waals surface area contributed by atoms with Crippen LogP contribution in [0.15, 0.2) is 24.3 Å². The van der Waals surface area contributed by atoms with Crippen LogP contribution in [0.1, 0.15) is 32.8 Å². The molecular formula is C17H23NO4. The van der Waals surface area contributed by atoms with Gasteiger partial charge < -0.3 is 14.7 Å². The number of likely N-dealkylation sites (tertiary alicyclic amines) is 1. The van der Waals surface area contributed by atoms with E-state index in [1.807, 2.05) is 38.1 Å². The van der Waals surface area contributed by atoms with Gasteiger partial charge in [-0.05, 0) is 33.3 Å². The highest BCUT2D eigenvalue weighted by Gasteiger charge is 2.42. The van der Waals surface area contributed by atoms with E-state index in [9.17, 15) is 14.7 Å². The van der Waals surface area contributed by atoms with E-state index in [2.05, 4.69) is 0 Å². The third-order valence-electron chi connectivity index (χ3n) is 4.02. The molecule has 0 radical (unpaired) electrons. The first-order valence-corrected chi connectivity index (χ1v) is 7.57. The summed E-state index contributed by atoms with van der Waals surface area (Å²) in [5.74, 6) is -0.179. The zero-order chi connectivity index (χ0) is 16.3. The monoisotopic (exact) mass is 305 g/mol. The van der Waals surface area contributed by atoms with Gasteiger partial charge >= 0.3 is 5.97 Å². The summed E-state index contributed by atoms with van der Waals surface area (Å²) in [7, 11) is 0. The second kappa shape index (κ2) is 6.38. The van der Waals surface area contributed by atoms with E-state index >= 15 is 0 Å². The molecule has 1 fully saturated rings. The van der Waals surface area contributed by atoms with Gasteiger partial charge in [0, 0.05) is 18.7 Å². The highest BCUT2D eigenvalue weighted by Crippen LogP contribution is 2.31. The van der Waals surface area contributed by atoms with Gasteiger partial charge in [0.1, 0.15) is 5.75 Å². The molecule has 0 aliphatic carbocycles. The summed E-state index contributed by atoms with van der Waals surface area (Å²) in [6.45, 7) is 6.34. The molecule has 1 amide bonds. The molecule has 5 nitrogen and oxygen atoms in total. The number of hydrogen-bond donors (Lipinski definition) is 1. The Labute approximate surface area is 130 Å². The molecule has 0 spiro atoms. The Balaban J connectivity index is 2.06. The van der Waals surface area contributed by atoms with Crippen LogP contribution in [0.4, 0.5) is 0 Å². The lowest BCUT2D eigenvalue weighted by Crippen LogP contribution is -2.35. The minimum Gasteiger partial charge on any atom is -0.491 e. The molecule has 1 aromatic carbocycles. The summed E-state index contributed by atoms with van der Waals surface area (Å²) in [4.78, 5) is 25.3. The molecule has 1 aliphatic heterocycles. The number of ether oxygens (including phenoxy) is 1. The lowest BCUT2D eigenvalue weighted by molar-refractivity contribution is -0.147. The number of carbonyl (C=O) groups excluding carboxylic acids is 1. The predicted octanol–water partition coefficient (Wildman–Crippen LogP) is 2.34. The Morgan fingerprint density at radius 1 is 1.36 bits per heavy atom. The second-order valence-electron chi connectivity index (χ2n) is 6.38. The highest BCUT2D eigenvalue weighted by molar-refractivity contribution is 5.82. The van der Waals surface area contributed by atoms with Crippen LogP contribution in [0.25, 0.3) is 0 Å². The number of nitrogens with zero attached hydrogens (tertiary/aromatic N) is 1. The molecule has 1 aromatic rings. The van der Waals surface area contributed by atoms with E-state index in [0.717, 1.165) is 5.56 Å². The topological polar surface area (TPSA) is 66.8 Å². The summed E-state index contributed by atoms with van der Waals surface area (Å²) in [6.07, 6.45) is 0.773. The van der Waals surface area contributed by atoms with Gasteiger partial charge in [-0.3, -0.25) is 9.59 Å². The van der Waals surface area contributed by atoms with Crippen molar-refractivity contribution >= 4 is 11.9 Å². The van der Waals surface area contributed by atoms with E-state index < -0.39 is 11.4 Å². The fraction of sp³-hybridized carbons (Fsp3) is 0.529. The molecule has 1 aliphatic rings. The third-order valence-corrected chi connectivity index (χ3v) is 4.02. The Hall–Kier alpha value is -2.04. The average Bonchev–Trinajstić information content (AvgIpc) is 2.85. The summed E-state index contributed by atoms with van der Waals surface area (Å²) in [5.41, 5.74) is 0.00833. The van der Waals surface area contributed by atoms with Crippen LogP contribution < -0.4 is 4.74 Å². The zero-order valence-corrected chi connectivity index (χ0v) is 13.3. The smallest absolute Gasteiger partial charge is 0.311 e. The van der Waals surface area contributed by atoms with Crippen molar-refractivity contribution in [1.29, 1.82) is 0 Å². The van der Waals surface area contributed by atoms with Gasteiger partial charge in [0.15, 0.2) is 0 Å². The molecule has 2 rings (SSSR count). The predicted molar refractivity (Wildman–Crippen MR) is 82.8 cm³/mol. The first-order valence-electron chi connectivity index (χ1n) is 7.57. The molecule has 1 N–H and O–H groups in total. The molecule has 5 heteroatoms. The van der Waals surface area contributed by atoms with Crippen molar-refractivity contribution in [2.75, 3.05) is 13.1 Å². The fourth-order valence-electron chi connectivity index (χ4n) is 2.64. The first kappa shape index (κ1) is 16.3. The summed E-state index contributed by atoms with van der Waals surface area (Å²) < 4.78 is 5.72. The number of carbonyl (C=O) groups is 2. The van der Waals surface area contributed by atoms with E-state index in [1.54, 1.807) is 11.8 Å². The normalized spacial score (nSPS) is 21.2. The maximum atomic E-state index is 12.4. The fourth-order valence-corrected chi connectivity index (χ4v) is 2.64. The van der Waals surface area contributed by atoms with Crippen LogP contribution in [0.3, 0.4) is 0 Å². The average molecular weight is 305 g/mol. The number of carboxylic acid groups (broad SMARTS) is 1. The molecule has 22 heavy (non-hydrogen) atoms. The van der Waals surface area contributed by atoms with E-state index in [4.69, 9.17) is 4.74 Å². The second-order valence-corrected chi connectivity index (χ2v) is 6.38. The Morgan fingerprint density at radius 2 is 2.05 bits per heavy atom. The van der Waals surface area contributed by atoms with E-state index in [1.165, 1.54) is 0 Å². The molecular weight excluding hydrogens is 282 g/mol. The molecule has 0 unspecified atom stereocenters. The third kappa shape index (κ3) is 3.59. The zero-order valence-electron chi connectivity index (χ0n) is 13.3. The Morgan fingerprint density at radius 3 is 2.64 bits per heavy atom. The lowest BCUT2D eigenvalue weighted by atomic mass is 9.90. The maximum absolute atomic E-state index is 12.4. The first-order chi connectivity index (χ1) is 10.3. The number of aliphatic carboxylic acids is 1. The minimum absolute atomic E-state index is 0.0401. The van der Waals surface area contributed by atoms with Crippen molar-refractivity contribution in [1.82, 2.24) is 4.90 Å². The van der Waals surface area contributed by atoms with Crippen molar-refractivity contribution in [3.63, 3.8) is 0 Å². The van der Waals surface area contributed by atoms with E-state index in [-0.39, 0.29) is 25.0 Å². The lowest BCUT2D eigenvalue weighted by Gasteiger charge is -2.21. The quantitative estimate of drug-likeness (QED) is 0.906. The summed E-state index contributed by atoms with van der Waals surface area (Å²) in [6, 6.07) is 7.49. The summed E-state index contributed by atoms with van der Waals surface area (Å²) >= 11 is 0. The SMILES string of the molecule is CC(C)Oc1ccccc1CC(=O)N1CC[C@@](C)(C(=O)O)C1. The highest BCUT2D eigenvalue weighted by atomic mass is 16.5. The largest absolute Gasteiger partial charge is 0.491 e. The number of carboxylic acids is 1. The van der Waals surface area contributed by atoms with Crippen LogP contribution in [0, 0.1) is 5.41 Å². The number of benzene rings is 1. The van der Waals surface area contributed by atoms with Crippen molar-refractivity contribution in [2.45, 2.75) is 39.7 Å². The molecule has 1 atom stereocenters.